The lowest BCUT2D eigenvalue weighted by molar-refractivity contribution is 0.587. The number of hydrogen-bond acceptors (Lipinski definition) is 7. The van der Waals surface area contributed by atoms with Crippen molar-refractivity contribution in [2.24, 2.45) is 0 Å². The zero-order valence-electron chi connectivity index (χ0n) is 16.3. The van der Waals surface area contributed by atoms with E-state index in [1.165, 1.54) is 0 Å². The standard InChI is InChI=1S/C21H21N5O2S/c1-13(2)29(27,28)17-8-6-16(7-9-17)20-18(14(3)25-21(23)26-20)10-4-15-5-11-19(22)24-12-15/h5-9,11-13H,1-3H3,(H2,22,24)(H2,23,25,26). The first-order valence-electron chi connectivity index (χ1n) is 8.90. The highest BCUT2D eigenvalue weighted by molar-refractivity contribution is 7.92. The highest BCUT2D eigenvalue weighted by Crippen LogP contribution is 2.26. The molecule has 0 radical (unpaired) electrons. The Hall–Kier alpha value is -3.44. The summed E-state index contributed by atoms with van der Waals surface area (Å²) in [4.78, 5) is 12.8. The molecular weight excluding hydrogens is 386 g/mol. The van der Waals surface area contributed by atoms with Crippen LogP contribution in [0.2, 0.25) is 0 Å². The van der Waals surface area contributed by atoms with Gasteiger partial charge in [-0.05, 0) is 45.0 Å². The minimum atomic E-state index is -3.35. The van der Waals surface area contributed by atoms with Gasteiger partial charge in [-0.1, -0.05) is 24.0 Å². The van der Waals surface area contributed by atoms with Crippen LogP contribution in [0, 0.1) is 18.8 Å². The minimum absolute atomic E-state index is 0.121. The van der Waals surface area contributed by atoms with E-state index < -0.39 is 15.1 Å². The fraction of sp³-hybridized carbons (Fsp3) is 0.190. The molecule has 148 valence electrons. The fourth-order valence-corrected chi connectivity index (χ4v) is 3.70. The summed E-state index contributed by atoms with van der Waals surface area (Å²) in [5, 5.41) is -0.500. The molecule has 0 amide bonds. The molecule has 0 spiro atoms. The third kappa shape index (κ3) is 4.36. The Morgan fingerprint density at radius 3 is 2.24 bits per heavy atom. The predicted molar refractivity (Wildman–Crippen MR) is 114 cm³/mol. The van der Waals surface area contributed by atoms with Crippen molar-refractivity contribution in [3.8, 4) is 23.1 Å². The summed E-state index contributed by atoms with van der Waals surface area (Å²) in [5.74, 6) is 6.64. The summed E-state index contributed by atoms with van der Waals surface area (Å²) in [6, 6.07) is 9.98. The molecule has 0 aliphatic rings. The van der Waals surface area contributed by atoms with Crippen molar-refractivity contribution in [3.63, 3.8) is 0 Å². The normalized spacial score (nSPS) is 11.2. The molecule has 0 aliphatic heterocycles. The van der Waals surface area contributed by atoms with Crippen molar-refractivity contribution in [2.45, 2.75) is 30.9 Å². The number of aromatic nitrogens is 3. The van der Waals surface area contributed by atoms with E-state index in [9.17, 15) is 8.42 Å². The van der Waals surface area contributed by atoms with Gasteiger partial charge in [0.25, 0.3) is 0 Å². The number of hydrogen-bond donors (Lipinski definition) is 2. The average Bonchev–Trinajstić information content (AvgIpc) is 2.68. The van der Waals surface area contributed by atoms with E-state index in [1.54, 1.807) is 63.4 Å². The SMILES string of the molecule is Cc1nc(N)nc(-c2ccc(S(=O)(=O)C(C)C)cc2)c1C#Cc1ccc(N)nc1. The number of sulfone groups is 1. The Kier molecular flexibility index (Phi) is 5.52. The van der Waals surface area contributed by atoms with Crippen LogP contribution in [0.4, 0.5) is 11.8 Å². The van der Waals surface area contributed by atoms with Gasteiger partial charge in [-0.15, -0.1) is 0 Å². The van der Waals surface area contributed by atoms with Gasteiger partial charge in [-0.3, -0.25) is 0 Å². The molecule has 3 aromatic rings. The maximum absolute atomic E-state index is 12.4. The molecule has 0 unspecified atom stereocenters. The van der Waals surface area contributed by atoms with Crippen LogP contribution in [-0.2, 0) is 9.84 Å². The van der Waals surface area contributed by atoms with Crippen LogP contribution in [0.15, 0.2) is 47.5 Å². The second-order valence-corrected chi connectivity index (χ2v) is 9.23. The van der Waals surface area contributed by atoms with E-state index in [-0.39, 0.29) is 10.8 Å². The number of nitrogens with zero attached hydrogens (tertiary/aromatic N) is 3. The van der Waals surface area contributed by atoms with Gasteiger partial charge in [0, 0.05) is 17.3 Å². The third-order valence-electron chi connectivity index (χ3n) is 4.30. The molecule has 3 rings (SSSR count). The zero-order chi connectivity index (χ0) is 21.2. The van der Waals surface area contributed by atoms with Crippen LogP contribution in [0.5, 0.6) is 0 Å². The van der Waals surface area contributed by atoms with E-state index in [2.05, 4.69) is 26.8 Å². The van der Waals surface area contributed by atoms with Crippen LogP contribution in [-0.4, -0.2) is 28.6 Å². The topological polar surface area (TPSA) is 125 Å². The van der Waals surface area contributed by atoms with E-state index in [4.69, 9.17) is 11.5 Å². The summed E-state index contributed by atoms with van der Waals surface area (Å²) in [6.07, 6.45) is 1.58. The Labute approximate surface area is 170 Å². The predicted octanol–water partition coefficient (Wildman–Crippen LogP) is 2.59. The number of rotatable bonds is 3. The quantitative estimate of drug-likeness (QED) is 0.639. The lowest BCUT2D eigenvalue weighted by atomic mass is 10.0. The molecule has 0 atom stereocenters. The average molecular weight is 407 g/mol. The molecule has 29 heavy (non-hydrogen) atoms. The van der Waals surface area contributed by atoms with Crippen molar-refractivity contribution in [2.75, 3.05) is 11.5 Å². The maximum Gasteiger partial charge on any atom is 0.220 e. The van der Waals surface area contributed by atoms with Crippen LogP contribution in [0.3, 0.4) is 0 Å². The largest absolute Gasteiger partial charge is 0.384 e. The van der Waals surface area contributed by atoms with Crippen molar-refractivity contribution in [1.29, 1.82) is 0 Å². The van der Waals surface area contributed by atoms with Gasteiger partial charge >= 0.3 is 0 Å². The van der Waals surface area contributed by atoms with Crippen LogP contribution in [0.25, 0.3) is 11.3 Å². The van der Waals surface area contributed by atoms with E-state index >= 15 is 0 Å². The smallest absolute Gasteiger partial charge is 0.220 e. The van der Waals surface area contributed by atoms with Gasteiger partial charge in [0.2, 0.25) is 5.95 Å². The molecule has 0 fully saturated rings. The first kappa shape index (κ1) is 20.3. The number of anilines is 2. The third-order valence-corrected chi connectivity index (χ3v) is 6.47. The zero-order valence-corrected chi connectivity index (χ0v) is 17.2. The first-order chi connectivity index (χ1) is 13.7. The van der Waals surface area contributed by atoms with Crippen LogP contribution in [0.1, 0.15) is 30.7 Å². The molecule has 8 heteroatoms. The van der Waals surface area contributed by atoms with Crippen LogP contribution < -0.4 is 11.5 Å². The molecule has 0 saturated heterocycles. The summed E-state index contributed by atoms with van der Waals surface area (Å²) in [7, 11) is -3.35. The molecule has 0 bridgehead atoms. The van der Waals surface area contributed by atoms with Gasteiger partial charge in [0.1, 0.15) is 5.82 Å². The lowest BCUT2D eigenvalue weighted by Crippen LogP contribution is -2.13. The molecule has 0 saturated carbocycles. The fourth-order valence-electron chi connectivity index (χ4n) is 2.64. The molecule has 2 aromatic heterocycles. The Morgan fingerprint density at radius 1 is 0.966 bits per heavy atom. The van der Waals surface area contributed by atoms with Crippen molar-refractivity contribution >= 4 is 21.6 Å². The highest BCUT2D eigenvalue weighted by atomic mass is 32.2. The molecule has 1 aromatic carbocycles. The molecule has 0 aliphatic carbocycles. The second-order valence-electron chi connectivity index (χ2n) is 6.73. The first-order valence-corrected chi connectivity index (χ1v) is 10.4. The van der Waals surface area contributed by atoms with Crippen LogP contribution >= 0.6 is 0 Å². The van der Waals surface area contributed by atoms with Gasteiger partial charge in [-0.25, -0.2) is 23.4 Å². The number of aryl methyl sites for hydroxylation is 1. The van der Waals surface area contributed by atoms with E-state index in [0.717, 1.165) is 0 Å². The number of pyridine rings is 1. The number of nitrogen functional groups attached to an aromatic ring is 2. The molecule has 7 nitrogen and oxygen atoms in total. The Balaban J connectivity index is 2.07. The van der Waals surface area contributed by atoms with Crippen molar-refractivity contribution in [1.82, 2.24) is 15.0 Å². The minimum Gasteiger partial charge on any atom is -0.384 e. The molecular formula is C21H21N5O2S. The summed E-state index contributed by atoms with van der Waals surface area (Å²) < 4.78 is 24.7. The Bertz CT molecular complexity index is 1210. The molecule has 2 heterocycles. The Morgan fingerprint density at radius 2 is 1.66 bits per heavy atom. The van der Waals surface area contributed by atoms with Gasteiger partial charge in [0.15, 0.2) is 9.84 Å². The monoisotopic (exact) mass is 407 g/mol. The van der Waals surface area contributed by atoms with Gasteiger partial charge in [0.05, 0.1) is 27.1 Å². The van der Waals surface area contributed by atoms with Crippen molar-refractivity contribution in [3.05, 3.63) is 59.4 Å². The van der Waals surface area contributed by atoms with Crippen molar-refractivity contribution < 1.29 is 8.42 Å². The highest BCUT2D eigenvalue weighted by Gasteiger charge is 2.19. The van der Waals surface area contributed by atoms with Gasteiger partial charge in [-0.2, -0.15) is 0 Å². The summed E-state index contributed by atoms with van der Waals surface area (Å²) in [5.41, 5.74) is 14.6. The second kappa shape index (κ2) is 7.89. The summed E-state index contributed by atoms with van der Waals surface area (Å²) in [6.45, 7) is 5.10. The number of nitrogens with two attached hydrogens (primary N) is 2. The van der Waals surface area contributed by atoms with E-state index in [0.29, 0.717) is 33.9 Å². The van der Waals surface area contributed by atoms with Gasteiger partial charge < -0.3 is 11.5 Å². The number of benzene rings is 1. The van der Waals surface area contributed by atoms with E-state index in [1.807, 2.05) is 0 Å². The summed E-state index contributed by atoms with van der Waals surface area (Å²) >= 11 is 0. The lowest BCUT2D eigenvalue weighted by Gasteiger charge is -2.10. The maximum atomic E-state index is 12.4. The molecule has 4 N–H and O–H groups in total.